The van der Waals surface area contributed by atoms with Crippen molar-refractivity contribution in [2.24, 2.45) is 0 Å². The molecule has 0 bridgehead atoms. The number of amides is 1. The van der Waals surface area contributed by atoms with Gasteiger partial charge in [0.15, 0.2) is 0 Å². The number of hydrogen-bond acceptors (Lipinski definition) is 1. The molecule has 0 radical (unpaired) electrons. The van der Waals surface area contributed by atoms with Gasteiger partial charge >= 0.3 is 0 Å². The van der Waals surface area contributed by atoms with Crippen LogP contribution in [0.15, 0.2) is 72.8 Å². The number of carbonyl (C=O) groups excluding carboxylic acids is 1. The second-order valence-corrected chi connectivity index (χ2v) is 6.90. The van der Waals surface area contributed by atoms with E-state index in [4.69, 9.17) is 0 Å². The third-order valence-electron chi connectivity index (χ3n) is 4.60. The van der Waals surface area contributed by atoms with E-state index < -0.39 is 0 Å². The van der Waals surface area contributed by atoms with Crippen LogP contribution in [0.1, 0.15) is 40.9 Å². The van der Waals surface area contributed by atoms with Crippen LogP contribution >= 0.6 is 0 Å². The molecule has 0 aromatic heterocycles. The van der Waals surface area contributed by atoms with Gasteiger partial charge in [-0.15, -0.1) is 0 Å². The number of fused-ring (bicyclic) bond motifs is 3. The molecule has 1 aliphatic carbocycles. The largest absolute Gasteiger partial charge is 0.350 e. The monoisotopic (exact) mass is 339 g/mol. The maximum atomic E-state index is 12.3. The third kappa shape index (κ3) is 2.95. The van der Waals surface area contributed by atoms with Crippen LogP contribution < -0.4 is 5.32 Å². The van der Waals surface area contributed by atoms with Gasteiger partial charge in [-0.1, -0.05) is 60.7 Å². The molecule has 0 heterocycles. The molecule has 1 N–H and O–H groups in total. The number of hydrogen-bond donors (Lipinski definition) is 1. The minimum atomic E-state index is -0.0347. The molecule has 1 aliphatic rings. The molecule has 26 heavy (non-hydrogen) atoms. The predicted octanol–water partition coefficient (Wildman–Crippen LogP) is 5.39. The van der Waals surface area contributed by atoms with Gasteiger partial charge in [-0.05, 0) is 65.4 Å². The van der Waals surface area contributed by atoms with Gasteiger partial charge in [0, 0.05) is 11.6 Å². The molecule has 0 atom stereocenters. The van der Waals surface area contributed by atoms with Crippen LogP contribution in [0.5, 0.6) is 0 Å². The Kier molecular flexibility index (Phi) is 4.18. The number of nitrogens with one attached hydrogen (secondary N) is 1. The minimum Gasteiger partial charge on any atom is -0.350 e. The summed E-state index contributed by atoms with van der Waals surface area (Å²) in [6.07, 6.45) is 2.18. The van der Waals surface area contributed by atoms with Crippen LogP contribution in [-0.4, -0.2) is 11.9 Å². The molecule has 0 fully saturated rings. The first-order valence-electron chi connectivity index (χ1n) is 8.95. The van der Waals surface area contributed by atoms with Crippen LogP contribution in [0.25, 0.3) is 22.8 Å². The van der Waals surface area contributed by atoms with Gasteiger partial charge in [-0.25, -0.2) is 0 Å². The molecule has 4 rings (SSSR count). The van der Waals surface area contributed by atoms with Gasteiger partial charge in [-0.2, -0.15) is 0 Å². The Hall–Kier alpha value is -3.13. The van der Waals surface area contributed by atoms with Gasteiger partial charge < -0.3 is 5.32 Å². The maximum Gasteiger partial charge on any atom is 0.251 e. The van der Waals surface area contributed by atoms with E-state index in [0.29, 0.717) is 5.56 Å². The normalized spacial score (nSPS) is 11.9. The second kappa shape index (κ2) is 6.64. The van der Waals surface area contributed by atoms with Gasteiger partial charge in [0.05, 0.1) is 0 Å². The Labute approximate surface area is 154 Å². The van der Waals surface area contributed by atoms with Crippen LogP contribution in [-0.2, 0) is 0 Å². The molecule has 0 unspecified atom stereocenters. The van der Waals surface area contributed by atoms with Crippen LogP contribution in [0.3, 0.4) is 0 Å². The van der Waals surface area contributed by atoms with E-state index in [2.05, 4.69) is 59.9 Å². The minimum absolute atomic E-state index is 0.0347. The van der Waals surface area contributed by atoms with E-state index in [1.165, 1.54) is 27.8 Å². The van der Waals surface area contributed by atoms with E-state index in [0.717, 1.165) is 5.56 Å². The fraction of sp³-hybridized carbons (Fsp3) is 0.125. The summed E-state index contributed by atoms with van der Waals surface area (Å²) in [5.74, 6) is -0.0347. The maximum absolute atomic E-state index is 12.3. The molecule has 1 amide bonds. The summed E-state index contributed by atoms with van der Waals surface area (Å²) >= 11 is 0. The highest BCUT2D eigenvalue weighted by molar-refractivity contribution is 6.06. The SMILES string of the molecule is CC(C)NC(=O)c1cccc(C=C2c3ccccc3-c3ccccc32)c1. The number of benzene rings is 3. The molecule has 0 spiro atoms. The zero-order chi connectivity index (χ0) is 18.1. The lowest BCUT2D eigenvalue weighted by molar-refractivity contribution is 0.0943. The van der Waals surface area contributed by atoms with Crippen LogP contribution in [0, 0.1) is 0 Å². The highest BCUT2D eigenvalue weighted by atomic mass is 16.1. The molecule has 2 heteroatoms. The van der Waals surface area contributed by atoms with E-state index >= 15 is 0 Å². The first-order chi connectivity index (χ1) is 12.6. The molecule has 3 aromatic rings. The van der Waals surface area contributed by atoms with Crippen molar-refractivity contribution in [2.75, 3.05) is 0 Å². The van der Waals surface area contributed by atoms with E-state index in [9.17, 15) is 4.79 Å². The number of rotatable bonds is 3. The second-order valence-electron chi connectivity index (χ2n) is 6.90. The van der Waals surface area contributed by atoms with Crippen molar-refractivity contribution >= 4 is 17.6 Å². The first kappa shape index (κ1) is 16.3. The molecule has 3 aromatic carbocycles. The fourth-order valence-electron chi connectivity index (χ4n) is 3.49. The first-order valence-corrected chi connectivity index (χ1v) is 8.95. The topological polar surface area (TPSA) is 29.1 Å². The van der Waals surface area contributed by atoms with Gasteiger partial charge in [0.1, 0.15) is 0 Å². The summed E-state index contributed by atoms with van der Waals surface area (Å²) in [6.45, 7) is 3.94. The molecular formula is C24H21NO. The Morgan fingerprint density at radius 2 is 1.38 bits per heavy atom. The summed E-state index contributed by atoms with van der Waals surface area (Å²) in [4.78, 5) is 12.3. The highest BCUT2D eigenvalue weighted by Crippen LogP contribution is 2.44. The standard InChI is InChI=1S/C24H21NO/c1-16(2)25-24(26)18-9-7-8-17(14-18)15-23-21-12-5-3-10-19(21)20-11-4-6-13-22(20)23/h3-16H,1-2H3,(H,25,26). The predicted molar refractivity (Wildman–Crippen MR) is 108 cm³/mol. The van der Waals surface area contributed by atoms with E-state index in [1.807, 2.05) is 38.1 Å². The average molecular weight is 339 g/mol. The average Bonchev–Trinajstić information content (AvgIpc) is 2.96. The zero-order valence-electron chi connectivity index (χ0n) is 15.0. The molecule has 0 saturated carbocycles. The van der Waals surface area contributed by atoms with Crippen molar-refractivity contribution < 1.29 is 4.79 Å². The smallest absolute Gasteiger partial charge is 0.251 e. The third-order valence-corrected chi connectivity index (χ3v) is 4.60. The molecule has 0 saturated heterocycles. The summed E-state index contributed by atoms with van der Waals surface area (Å²) in [6, 6.07) is 24.9. The lowest BCUT2D eigenvalue weighted by Crippen LogP contribution is -2.30. The summed E-state index contributed by atoms with van der Waals surface area (Å²) in [5, 5.41) is 2.95. The number of carbonyl (C=O) groups is 1. The quantitative estimate of drug-likeness (QED) is 0.532. The lowest BCUT2D eigenvalue weighted by Gasteiger charge is -2.09. The lowest BCUT2D eigenvalue weighted by atomic mass is 10.00. The molecule has 128 valence electrons. The van der Waals surface area contributed by atoms with E-state index in [-0.39, 0.29) is 11.9 Å². The molecule has 0 aliphatic heterocycles. The Morgan fingerprint density at radius 3 is 1.96 bits per heavy atom. The van der Waals surface area contributed by atoms with E-state index in [1.54, 1.807) is 0 Å². The van der Waals surface area contributed by atoms with Gasteiger partial charge in [-0.3, -0.25) is 4.79 Å². The Morgan fingerprint density at radius 1 is 0.808 bits per heavy atom. The summed E-state index contributed by atoms with van der Waals surface area (Å²) in [7, 11) is 0. The van der Waals surface area contributed by atoms with Crippen LogP contribution in [0.2, 0.25) is 0 Å². The summed E-state index contributed by atoms with van der Waals surface area (Å²) < 4.78 is 0. The summed E-state index contributed by atoms with van der Waals surface area (Å²) in [5.41, 5.74) is 7.94. The Balaban J connectivity index is 1.79. The molecule has 2 nitrogen and oxygen atoms in total. The van der Waals surface area contributed by atoms with Crippen molar-refractivity contribution in [1.82, 2.24) is 5.32 Å². The highest BCUT2D eigenvalue weighted by Gasteiger charge is 2.22. The van der Waals surface area contributed by atoms with Crippen molar-refractivity contribution in [3.8, 4) is 11.1 Å². The fourth-order valence-corrected chi connectivity index (χ4v) is 3.49. The van der Waals surface area contributed by atoms with Crippen molar-refractivity contribution in [1.29, 1.82) is 0 Å². The Bertz CT molecular complexity index is 966. The van der Waals surface area contributed by atoms with Crippen molar-refractivity contribution in [3.05, 3.63) is 95.1 Å². The van der Waals surface area contributed by atoms with Gasteiger partial charge in [0.25, 0.3) is 5.91 Å². The van der Waals surface area contributed by atoms with Crippen molar-refractivity contribution in [2.45, 2.75) is 19.9 Å². The molecular weight excluding hydrogens is 318 g/mol. The van der Waals surface area contributed by atoms with Gasteiger partial charge in [0.2, 0.25) is 0 Å². The van der Waals surface area contributed by atoms with Crippen LogP contribution in [0.4, 0.5) is 0 Å². The zero-order valence-corrected chi connectivity index (χ0v) is 15.0. The van der Waals surface area contributed by atoms with Crippen molar-refractivity contribution in [3.63, 3.8) is 0 Å².